The van der Waals surface area contributed by atoms with E-state index in [1.807, 2.05) is 20.8 Å². The van der Waals surface area contributed by atoms with E-state index in [0.29, 0.717) is 0 Å². The summed E-state index contributed by atoms with van der Waals surface area (Å²) >= 11 is 0. The average molecular weight is 618 g/mol. The first-order valence-corrected chi connectivity index (χ1v) is 13.7. The molecule has 11 heteroatoms. The summed E-state index contributed by atoms with van der Waals surface area (Å²) in [7, 11) is 0. The summed E-state index contributed by atoms with van der Waals surface area (Å²) in [5.41, 5.74) is -3.18. The second-order valence-electron chi connectivity index (χ2n) is 12.8. The maximum absolute atomic E-state index is 16.1. The zero-order valence-electron chi connectivity index (χ0n) is 24.8. The first kappa shape index (κ1) is 34.4. The Morgan fingerprint density at radius 3 is 1.72 bits per heavy atom. The number of hydrogen-bond acceptors (Lipinski definition) is 3. The SMILES string of the molecule is CC(C)(C)C#CCN1[C@H](c2ccc(C(F)(F)F)cc2)[C@@H](CC(=O)OC(C)(C)C)C(F)(F)C[C@H]1c1ccc(C(F)(F)F)cc1. The molecule has 3 nitrogen and oxygen atoms in total. The molecular weight excluding hydrogens is 582 g/mol. The van der Waals surface area contributed by atoms with Gasteiger partial charge in [-0.1, -0.05) is 36.1 Å². The predicted octanol–water partition coefficient (Wildman–Crippen LogP) is 9.25. The van der Waals surface area contributed by atoms with Crippen LogP contribution < -0.4 is 0 Å². The molecule has 0 spiro atoms. The molecule has 2 aromatic rings. The number of hydrogen-bond donors (Lipinski definition) is 0. The van der Waals surface area contributed by atoms with E-state index in [-0.39, 0.29) is 17.7 Å². The molecule has 0 saturated carbocycles. The summed E-state index contributed by atoms with van der Waals surface area (Å²) in [5, 5.41) is 0. The van der Waals surface area contributed by atoms with E-state index in [0.717, 1.165) is 48.5 Å². The molecule has 0 aliphatic carbocycles. The van der Waals surface area contributed by atoms with Gasteiger partial charge in [0, 0.05) is 23.9 Å². The molecule has 236 valence electrons. The van der Waals surface area contributed by atoms with E-state index in [1.165, 1.54) is 4.90 Å². The van der Waals surface area contributed by atoms with Gasteiger partial charge >= 0.3 is 18.3 Å². The van der Waals surface area contributed by atoms with Crippen LogP contribution >= 0.6 is 0 Å². The number of carbonyl (C=O) groups is 1. The average Bonchev–Trinajstić information content (AvgIpc) is 2.83. The Balaban J connectivity index is 2.21. The summed E-state index contributed by atoms with van der Waals surface area (Å²) in [5.74, 6) is -0.242. The van der Waals surface area contributed by atoms with Crippen molar-refractivity contribution in [3.8, 4) is 11.8 Å². The summed E-state index contributed by atoms with van der Waals surface area (Å²) in [4.78, 5) is 14.4. The minimum Gasteiger partial charge on any atom is -0.460 e. The largest absolute Gasteiger partial charge is 0.460 e. The zero-order chi connectivity index (χ0) is 32.6. The number of carbonyl (C=O) groups excluding carboxylic acids is 1. The molecule has 3 rings (SSSR count). The van der Waals surface area contributed by atoms with Crippen molar-refractivity contribution in [3.63, 3.8) is 0 Å². The van der Waals surface area contributed by atoms with Crippen LogP contribution in [0.25, 0.3) is 0 Å². The van der Waals surface area contributed by atoms with E-state index in [4.69, 9.17) is 4.74 Å². The van der Waals surface area contributed by atoms with E-state index in [2.05, 4.69) is 11.8 Å². The fourth-order valence-corrected chi connectivity index (χ4v) is 5.11. The molecule has 3 atom stereocenters. The lowest BCUT2D eigenvalue weighted by molar-refractivity contribution is -0.178. The van der Waals surface area contributed by atoms with Crippen LogP contribution in [0.3, 0.4) is 0 Å². The lowest BCUT2D eigenvalue weighted by Gasteiger charge is -2.49. The number of esters is 1. The Morgan fingerprint density at radius 1 is 0.837 bits per heavy atom. The third-order valence-corrected chi connectivity index (χ3v) is 6.88. The fourth-order valence-electron chi connectivity index (χ4n) is 5.11. The molecule has 1 heterocycles. The Bertz CT molecular complexity index is 1320. The van der Waals surface area contributed by atoms with Crippen LogP contribution in [0.15, 0.2) is 48.5 Å². The van der Waals surface area contributed by atoms with Gasteiger partial charge in [-0.15, -0.1) is 0 Å². The van der Waals surface area contributed by atoms with Gasteiger partial charge in [-0.2, -0.15) is 26.3 Å². The predicted molar refractivity (Wildman–Crippen MR) is 146 cm³/mol. The maximum atomic E-state index is 16.1. The Labute approximate surface area is 246 Å². The van der Waals surface area contributed by atoms with Crippen molar-refractivity contribution in [1.82, 2.24) is 4.90 Å². The third kappa shape index (κ3) is 9.18. The molecular formula is C32H35F8NO2. The molecule has 0 unspecified atom stereocenters. The number of piperidine rings is 1. The second-order valence-corrected chi connectivity index (χ2v) is 12.8. The molecule has 2 aromatic carbocycles. The lowest BCUT2D eigenvalue weighted by atomic mass is 9.75. The van der Waals surface area contributed by atoms with Crippen molar-refractivity contribution in [1.29, 1.82) is 0 Å². The van der Waals surface area contributed by atoms with Gasteiger partial charge in [-0.3, -0.25) is 9.69 Å². The molecule has 1 aliphatic rings. The van der Waals surface area contributed by atoms with Crippen LogP contribution in [-0.4, -0.2) is 28.9 Å². The number of rotatable bonds is 5. The van der Waals surface area contributed by atoms with Crippen molar-refractivity contribution >= 4 is 5.97 Å². The van der Waals surface area contributed by atoms with Gasteiger partial charge in [-0.25, -0.2) is 8.78 Å². The fraction of sp³-hybridized carbons (Fsp3) is 0.531. The van der Waals surface area contributed by atoms with Crippen LogP contribution in [0, 0.1) is 23.2 Å². The molecule has 0 bridgehead atoms. The number of nitrogens with zero attached hydrogens (tertiary/aromatic N) is 1. The Kier molecular flexibility index (Phi) is 9.67. The Hall–Kier alpha value is -3.13. The van der Waals surface area contributed by atoms with Gasteiger partial charge in [0.25, 0.3) is 5.92 Å². The highest BCUT2D eigenvalue weighted by molar-refractivity contribution is 5.70. The minimum atomic E-state index is -4.68. The monoisotopic (exact) mass is 617 g/mol. The van der Waals surface area contributed by atoms with Crippen LogP contribution in [0.1, 0.15) is 88.7 Å². The molecule has 1 saturated heterocycles. The van der Waals surface area contributed by atoms with Crippen molar-refractivity contribution in [2.45, 2.75) is 90.3 Å². The van der Waals surface area contributed by atoms with Crippen LogP contribution in [0.5, 0.6) is 0 Å². The lowest BCUT2D eigenvalue weighted by Crippen LogP contribution is -2.51. The van der Waals surface area contributed by atoms with E-state index in [1.54, 1.807) is 20.8 Å². The van der Waals surface area contributed by atoms with Crippen molar-refractivity contribution in [2.75, 3.05) is 6.54 Å². The van der Waals surface area contributed by atoms with E-state index >= 15 is 8.78 Å². The van der Waals surface area contributed by atoms with Crippen molar-refractivity contribution < 1.29 is 44.7 Å². The number of ether oxygens (including phenoxy) is 1. The first-order chi connectivity index (χ1) is 19.5. The molecule has 1 aliphatic heterocycles. The highest BCUT2D eigenvalue weighted by atomic mass is 19.4. The quantitative estimate of drug-likeness (QED) is 0.190. The van der Waals surface area contributed by atoms with Crippen LogP contribution in [-0.2, 0) is 21.9 Å². The second kappa shape index (κ2) is 12.1. The van der Waals surface area contributed by atoms with Gasteiger partial charge in [0.2, 0.25) is 0 Å². The Morgan fingerprint density at radius 2 is 1.30 bits per heavy atom. The minimum absolute atomic E-state index is 0.0791. The summed E-state index contributed by atoms with van der Waals surface area (Å²) < 4.78 is 117. The van der Waals surface area contributed by atoms with Crippen LogP contribution in [0.4, 0.5) is 35.1 Å². The van der Waals surface area contributed by atoms with Crippen LogP contribution in [0.2, 0.25) is 0 Å². The van der Waals surface area contributed by atoms with Gasteiger partial charge in [-0.05, 0) is 76.9 Å². The van der Waals surface area contributed by atoms with Gasteiger partial charge in [0.15, 0.2) is 0 Å². The molecule has 0 aromatic heterocycles. The molecule has 1 fully saturated rings. The standard InChI is InChI=1S/C32H35F8NO2/c1-28(2,3)16-7-17-41-25(20-8-12-22(13-9-20)31(35,36)37)19-30(33,34)24(18-26(42)43-29(4,5)6)27(41)21-10-14-23(15-11-21)32(38,39)40/h8-15,24-25,27H,17-19H2,1-6H3/t24-,25+,27-/m1/s1. The molecule has 0 N–H and O–H groups in total. The summed E-state index contributed by atoms with van der Waals surface area (Å²) in [6.07, 6.45) is -10.9. The topological polar surface area (TPSA) is 29.5 Å². The van der Waals surface area contributed by atoms with E-state index < -0.39 is 77.2 Å². The number of benzene rings is 2. The van der Waals surface area contributed by atoms with Gasteiger partial charge < -0.3 is 4.74 Å². The van der Waals surface area contributed by atoms with E-state index in [9.17, 15) is 31.1 Å². The summed E-state index contributed by atoms with van der Waals surface area (Å²) in [6.45, 7) is 10.1. The van der Waals surface area contributed by atoms with Crippen molar-refractivity contribution in [2.24, 2.45) is 11.3 Å². The highest BCUT2D eigenvalue weighted by Crippen LogP contribution is 2.53. The molecule has 0 amide bonds. The normalized spacial score (nSPS) is 21.6. The smallest absolute Gasteiger partial charge is 0.416 e. The first-order valence-electron chi connectivity index (χ1n) is 13.7. The van der Waals surface area contributed by atoms with Crippen molar-refractivity contribution in [3.05, 3.63) is 70.8 Å². The number of likely N-dealkylation sites (tertiary alicyclic amines) is 1. The third-order valence-electron chi connectivity index (χ3n) is 6.88. The van der Waals surface area contributed by atoms with Gasteiger partial charge in [0.05, 0.1) is 30.0 Å². The van der Waals surface area contributed by atoms with Gasteiger partial charge in [0.1, 0.15) is 5.60 Å². The molecule has 0 radical (unpaired) electrons. The number of halogens is 8. The molecule has 43 heavy (non-hydrogen) atoms. The highest BCUT2D eigenvalue weighted by Gasteiger charge is 2.55. The maximum Gasteiger partial charge on any atom is 0.416 e. The summed E-state index contributed by atoms with van der Waals surface area (Å²) in [6, 6.07) is 5.05. The zero-order valence-corrected chi connectivity index (χ0v) is 24.8. The number of alkyl halides is 8.